The van der Waals surface area contributed by atoms with E-state index >= 15 is 0 Å². The van der Waals surface area contributed by atoms with Crippen molar-refractivity contribution in [3.8, 4) is 0 Å². The summed E-state index contributed by atoms with van der Waals surface area (Å²) in [6.07, 6.45) is 5.13. The van der Waals surface area contributed by atoms with Gasteiger partial charge in [0.05, 0.1) is 6.61 Å². The molecule has 1 fully saturated rings. The number of hydrogen-bond acceptors (Lipinski definition) is 3. The largest absolute Gasteiger partial charge is 0.385 e. The summed E-state index contributed by atoms with van der Waals surface area (Å²) in [5.74, 6) is 0. The third-order valence-electron chi connectivity index (χ3n) is 3.27. The SMILES string of the molecule is CCC1(CNCCOCCCOC)CC1. The fraction of sp³-hybridized carbons (Fsp3) is 1.00. The van der Waals surface area contributed by atoms with Gasteiger partial charge in [-0.1, -0.05) is 6.92 Å². The number of ether oxygens (including phenoxy) is 2. The fourth-order valence-corrected chi connectivity index (χ4v) is 1.74. The van der Waals surface area contributed by atoms with Crippen molar-refractivity contribution in [2.24, 2.45) is 5.41 Å². The molecular formula is C12H25NO2. The van der Waals surface area contributed by atoms with Crippen molar-refractivity contribution in [2.45, 2.75) is 32.6 Å². The van der Waals surface area contributed by atoms with Gasteiger partial charge in [0, 0.05) is 33.4 Å². The van der Waals surface area contributed by atoms with Gasteiger partial charge in [-0.05, 0) is 31.1 Å². The first-order valence-electron chi connectivity index (χ1n) is 6.10. The highest BCUT2D eigenvalue weighted by Gasteiger charge is 2.39. The first-order chi connectivity index (χ1) is 7.33. The van der Waals surface area contributed by atoms with Gasteiger partial charge in [0.1, 0.15) is 0 Å². The Morgan fingerprint density at radius 1 is 1.20 bits per heavy atom. The van der Waals surface area contributed by atoms with Crippen molar-refractivity contribution in [1.82, 2.24) is 5.32 Å². The molecule has 90 valence electrons. The molecule has 0 unspecified atom stereocenters. The predicted molar refractivity (Wildman–Crippen MR) is 62.1 cm³/mol. The number of hydrogen-bond donors (Lipinski definition) is 1. The van der Waals surface area contributed by atoms with Crippen LogP contribution in [-0.4, -0.2) is 40.0 Å². The summed E-state index contributed by atoms with van der Waals surface area (Å²) in [5, 5.41) is 3.47. The van der Waals surface area contributed by atoms with Crippen LogP contribution in [0.4, 0.5) is 0 Å². The number of rotatable bonds is 10. The van der Waals surface area contributed by atoms with Crippen molar-refractivity contribution in [1.29, 1.82) is 0 Å². The maximum absolute atomic E-state index is 5.46. The first-order valence-corrected chi connectivity index (χ1v) is 6.10. The van der Waals surface area contributed by atoms with Gasteiger partial charge >= 0.3 is 0 Å². The maximum atomic E-state index is 5.46. The van der Waals surface area contributed by atoms with E-state index < -0.39 is 0 Å². The van der Waals surface area contributed by atoms with Gasteiger partial charge in [0.2, 0.25) is 0 Å². The summed E-state index contributed by atoms with van der Waals surface area (Å²) >= 11 is 0. The van der Waals surface area contributed by atoms with Crippen molar-refractivity contribution in [2.75, 3.05) is 40.0 Å². The van der Waals surface area contributed by atoms with Crippen LogP contribution in [0.1, 0.15) is 32.6 Å². The van der Waals surface area contributed by atoms with Crippen LogP contribution in [0.15, 0.2) is 0 Å². The molecule has 1 rings (SSSR count). The molecule has 0 aromatic carbocycles. The molecule has 0 aromatic rings. The summed E-state index contributed by atoms with van der Waals surface area (Å²) in [5.41, 5.74) is 0.649. The molecular weight excluding hydrogens is 190 g/mol. The zero-order valence-electron chi connectivity index (χ0n) is 10.2. The molecule has 0 radical (unpaired) electrons. The average Bonchev–Trinajstić information content (AvgIpc) is 3.03. The van der Waals surface area contributed by atoms with Gasteiger partial charge < -0.3 is 14.8 Å². The second-order valence-electron chi connectivity index (χ2n) is 4.49. The molecule has 15 heavy (non-hydrogen) atoms. The summed E-state index contributed by atoms with van der Waals surface area (Å²) in [4.78, 5) is 0. The molecule has 0 aromatic heterocycles. The number of methoxy groups -OCH3 is 1. The Morgan fingerprint density at radius 2 is 2.00 bits per heavy atom. The van der Waals surface area contributed by atoms with Crippen LogP contribution in [0, 0.1) is 5.41 Å². The lowest BCUT2D eigenvalue weighted by atomic mass is 10.0. The van der Waals surface area contributed by atoms with E-state index in [0.29, 0.717) is 5.41 Å². The highest BCUT2D eigenvalue weighted by molar-refractivity contribution is 4.93. The molecule has 0 spiro atoms. The van der Waals surface area contributed by atoms with Crippen LogP contribution >= 0.6 is 0 Å². The van der Waals surface area contributed by atoms with E-state index in [1.807, 2.05) is 0 Å². The van der Waals surface area contributed by atoms with Gasteiger partial charge in [-0.15, -0.1) is 0 Å². The summed E-state index contributed by atoms with van der Waals surface area (Å²) < 4.78 is 10.4. The maximum Gasteiger partial charge on any atom is 0.0590 e. The molecule has 1 N–H and O–H groups in total. The first kappa shape index (κ1) is 12.9. The lowest BCUT2D eigenvalue weighted by Crippen LogP contribution is -2.27. The quantitative estimate of drug-likeness (QED) is 0.564. The second kappa shape index (κ2) is 7.20. The monoisotopic (exact) mass is 215 g/mol. The zero-order chi connectivity index (χ0) is 11.0. The lowest BCUT2D eigenvalue weighted by molar-refractivity contribution is 0.104. The Morgan fingerprint density at radius 3 is 2.60 bits per heavy atom. The van der Waals surface area contributed by atoms with Crippen molar-refractivity contribution in [3.05, 3.63) is 0 Å². The van der Waals surface area contributed by atoms with Crippen LogP contribution in [0.2, 0.25) is 0 Å². The second-order valence-corrected chi connectivity index (χ2v) is 4.49. The lowest BCUT2D eigenvalue weighted by Gasteiger charge is -2.13. The standard InChI is InChI=1S/C12H25NO2/c1-3-12(5-6-12)11-13-7-10-15-9-4-8-14-2/h13H,3-11H2,1-2H3. The van der Waals surface area contributed by atoms with E-state index in [1.54, 1.807) is 7.11 Å². The summed E-state index contributed by atoms with van der Waals surface area (Å²) in [7, 11) is 1.72. The van der Waals surface area contributed by atoms with Crippen LogP contribution in [0.5, 0.6) is 0 Å². The van der Waals surface area contributed by atoms with E-state index in [9.17, 15) is 0 Å². The van der Waals surface area contributed by atoms with Crippen LogP contribution < -0.4 is 5.32 Å². The van der Waals surface area contributed by atoms with Crippen molar-refractivity contribution >= 4 is 0 Å². The van der Waals surface area contributed by atoms with Gasteiger partial charge in [0.25, 0.3) is 0 Å². The van der Waals surface area contributed by atoms with E-state index in [4.69, 9.17) is 9.47 Å². The van der Waals surface area contributed by atoms with E-state index in [1.165, 1.54) is 25.8 Å². The third-order valence-corrected chi connectivity index (χ3v) is 3.27. The molecule has 1 aliphatic carbocycles. The Bertz CT molecular complexity index is 158. The van der Waals surface area contributed by atoms with E-state index in [0.717, 1.165) is 32.8 Å². The molecule has 0 aliphatic heterocycles. The van der Waals surface area contributed by atoms with Crippen molar-refractivity contribution < 1.29 is 9.47 Å². The van der Waals surface area contributed by atoms with Gasteiger partial charge in [-0.25, -0.2) is 0 Å². The smallest absolute Gasteiger partial charge is 0.0590 e. The molecule has 0 heterocycles. The average molecular weight is 215 g/mol. The van der Waals surface area contributed by atoms with Crippen molar-refractivity contribution in [3.63, 3.8) is 0 Å². The Balaban J connectivity index is 1.77. The molecule has 0 atom stereocenters. The number of nitrogens with one attached hydrogen (secondary N) is 1. The molecule has 0 saturated heterocycles. The topological polar surface area (TPSA) is 30.5 Å². The molecule has 0 amide bonds. The Hall–Kier alpha value is -0.120. The fourth-order valence-electron chi connectivity index (χ4n) is 1.74. The summed E-state index contributed by atoms with van der Waals surface area (Å²) in [6.45, 7) is 6.87. The van der Waals surface area contributed by atoms with Gasteiger partial charge in [-0.2, -0.15) is 0 Å². The van der Waals surface area contributed by atoms with Crippen LogP contribution in [0.3, 0.4) is 0 Å². The molecule has 1 saturated carbocycles. The van der Waals surface area contributed by atoms with Crippen LogP contribution in [-0.2, 0) is 9.47 Å². The van der Waals surface area contributed by atoms with Gasteiger partial charge in [0.15, 0.2) is 0 Å². The van der Waals surface area contributed by atoms with Gasteiger partial charge in [-0.3, -0.25) is 0 Å². The molecule has 3 heteroatoms. The summed E-state index contributed by atoms with van der Waals surface area (Å²) in [6, 6.07) is 0. The normalized spacial score (nSPS) is 18.0. The minimum Gasteiger partial charge on any atom is -0.385 e. The van der Waals surface area contributed by atoms with Crippen LogP contribution in [0.25, 0.3) is 0 Å². The third kappa shape index (κ3) is 5.50. The highest BCUT2D eigenvalue weighted by atomic mass is 16.5. The Kier molecular flexibility index (Phi) is 6.22. The van der Waals surface area contributed by atoms with E-state index in [-0.39, 0.29) is 0 Å². The zero-order valence-corrected chi connectivity index (χ0v) is 10.2. The predicted octanol–water partition coefficient (Wildman–Crippen LogP) is 1.82. The Labute approximate surface area is 93.5 Å². The van der Waals surface area contributed by atoms with E-state index in [2.05, 4.69) is 12.2 Å². The minimum atomic E-state index is 0.649. The molecule has 0 bridgehead atoms. The highest BCUT2D eigenvalue weighted by Crippen LogP contribution is 2.47. The molecule has 1 aliphatic rings. The minimum absolute atomic E-state index is 0.649. The molecule has 3 nitrogen and oxygen atoms in total.